The summed E-state index contributed by atoms with van der Waals surface area (Å²) in [6, 6.07) is 0. The number of hydrogen-bond donors (Lipinski definition) is 1. The van der Waals surface area contributed by atoms with E-state index in [1.165, 1.54) is 83.5 Å². The van der Waals surface area contributed by atoms with Crippen molar-refractivity contribution in [2.24, 2.45) is 0 Å². The number of rotatable bonds is 20. The number of halogens is 1. The molecular formula is C27H44BrNO5Te. The molecule has 0 aliphatic heterocycles. The Balaban J connectivity index is 2.38. The van der Waals surface area contributed by atoms with E-state index in [-0.39, 0.29) is 34.7 Å². The third-order valence-corrected chi connectivity index (χ3v) is 9.36. The van der Waals surface area contributed by atoms with Gasteiger partial charge in [-0.3, -0.25) is 0 Å². The number of nitrogens with zero attached hydrogens (tertiary/aromatic N) is 1. The van der Waals surface area contributed by atoms with E-state index in [1.54, 1.807) is 13.8 Å². The number of aromatic nitrogens is 1. The van der Waals surface area contributed by atoms with Gasteiger partial charge in [-0.05, 0) is 0 Å². The number of carbonyl (C=O) groups excluding carboxylic acids is 2. The Hall–Kier alpha value is -0.840. The summed E-state index contributed by atoms with van der Waals surface area (Å²) in [6.07, 6.45) is 18.5. The second kappa shape index (κ2) is 20.2. The van der Waals surface area contributed by atoms with Gasteiger partial charge in [0.25, 0.3) is 0 Å². The third-order valence-electron chi connectivity index (χ3n) is 5.79. The van der Waals surface area contributed by atoms with Crippen LogP contribution in [-0.4, -0.2) is 56.2 Å². The molecule has 0 atom stereocenters. The number of esters is 2. The minimum atomic E-state index is -0.803. The molecule has 0 spiro atoms. The molecule has 0 fully saturated rings. The summed E-state index contributed by atoms with van der Waals surface area (Å²) in [4.78, 5) is 29.3. The average Bonchev–Trinajstić information content (AvgIpc) is 2.83. The van der Waals surface area contributed by atoms with Crippen molar-refractivity contribution in [1.29, 1.82) is 0 Å². The molecule has 0 aliphatic rings. The van der Waals surface area contributed by atoms with Crippen molar-refractivity contribution in [3.8, 4) is 5.75 Å². The monoisotopic (exact) mass is 671 g/mol. The van der Waals surface area contributed by atoms with Crippen molar-refractivity contribution in [3.63, 3.8) is 0 Å². The zero-order valence-electron chi connectivity index (χ0n) is 21.8. The van der Waals surface area contributed by atoms with Crippen molar-refractivity contribution in [2.45, 2.75) is 115 Å². The fraction of sp³-hybridized carbons (Fsp3) is 0.741. The molecule has 1 aromatic rings. The van der Waals surface area contributed by atoms with Crippen LogP contribution in [0.2, 0.25) is 4.47 Å². The van der Waals surface area contributed by atoms with Crippen LogP contribution >= 0.6 is 15.9 Å². The van der Waals surface area contributed by atoms with E-state index in [1.807, 2.05) is 0 Å². The summed E-state index contributed by atoms with van der Waals surface area (Å²) < 4.78 is 11.8. The fourth-order valence-electron chi connectivity index (χ4n) is 3.88. The molecule has 0 unspecified atom stereocenters. The molecule has 200 valence electrons. The van der Waals surface area contributed by atoms with Crippen molar-refractivity contribution < 1.29 is 24.2 Å². The molecule has 0 saturated carbocycles. The van der Waals surface area contributed by atoms with Gasteiger partial charge in [0.05, 0.1) is 0 Å². The Kier molecular flexibility index (Phi) is 18.6. The molecule has 35 heavy (non-hydrogen) atoms. The number of carbonyl (C=O) groups is 2. The van der Waals surface area contributed by atoms with Gasteiger partial charge in [-0.25, -0.2) is 0 Å². The van der Waals surface area contributed by atoms with Gasteiger partial charge in [0.1, 0.15) is 0 Å². The van der Waals surface area contributed by atoms with Crippen molar-refractivity contribution in [3.05, 3.63) is 15.7 Å². The van der Waals surface area contributed by atoms with Crippen LogP contribution in [0.25, 0.3) is 0 Å². The molecule has 0 aromatic carbocycles. The summed E-state index contributed by atoms with van der Waals surface area (Å²) >= 11 is 2.50. The van der Waals surface area contributed by atoms with E-state index in [0.717, 1.165) is 10.9 Å². The van der Waals surface area contributed by atoms with Crippen LogP contribution in [0.4, 0.5) is 0 Å². The van der Waals surface area contributed by atoms with E-state index in [0.29, 0.717) is 3.74 Å². The normalized spacial score (nSPS) is 11.0. The number of pyridine rings is 1. The molecule has 0 aliphatic carbocycles. The first-order valence-electron chi connectivity index (χ1n) is 13.4. The van der Waals surface area contributed by atoms with Crippen LogP contribution in [0.3, 0.4) is 0 Å². The van der Waals surface area contributed by atoms with E-state index in [4.69, 9.17) is 9.47 Å². The number of aromatic hydroxyl groups is 1. The van der Waals surface area contributed by atoms with E-state index in [2.05, 4.69) is 27.8 Å². The zero-order valence-corrected chi connectivity index (χ0v) is 25.8. The molecule has 0 bridgehead atoms. The maximum atomic E-state index is 12.5. The summed E-state index contributed by atoms with van der Waals surface area (Å²) in [6.45, 7) is 5.93. The molecule has 1 aromatic heterocycles. The average molecular weight is 670 g/mol. The maximum absolute atomic E-state index is 12.5. The number of ether oxygens (including phenoxy) is 2. The van der Waals surface area contributed by atoms with Gasteiger partial charge in [-0.2, -0.15) is 0 Å². The molecule has 8 heteroatoms. The molecular weight excluding hydrogens is 626 g/mol. The first-order chi connectivity index (χ1) is 17.0. The second-order valence-corrected chi connectivity index (χ2v) is 12.5. The fourth-order valence-corrected chi connectivity index (χ4v) is 7.46. The molecule has 0 saturated heterocycles. The van der Waals surface area contributed by atoms with Gasteiger partial charge >= 0.3 is 205 Å². The van der Waals surface area contributed by atoms with E-state index in [9.17, 15) is 14.7 Å². The van der Waals surface area contributed by atoms with Gasteiger partial charge in [-0.1, -0.05) is 26.2 Å². The predicted molar refractivity (Wildman–Crippen MR) is 146 cm³/mol. The van der Waals surface area contributed by atoms with Crippen molar-refractivity contribution in [1.82, 2.24) is 4.98 Å². The van der Waals surface area contributed by atoms with Crippen molar-refractivity contribution >= 4 is 52.5 Å². The first-order valence-corrected chi connectivity index (χ1v) is 17.0. The van der Waals surface area contributed by atoms with Crippen LogP contribution in [0.5, 0.6) is 5.75 Å². The van der Waals surface area contributed by atoms with Gasteiger partial charge in [-0.15, -0.1) is 0 Å². The van der Waals surface area contributed by atoms with E-state index < -0.39 is 32.9 Å². The third kappa shape index (κ3) is 12.8. The quantitative estimate of drug-likeness (QED) is 0.0688. The SMILES string of the molecule is CCCCCCCCCCCCCCCC[Te]c1nc(Br)c(C(=O)OCC)c(C(=O)OCC)c1O. The first kappa shape index (κ1) is 32.2. The number of hydrogen-bond acceptors (Lipinski definition) is 6. The zero-order chi connectivity index (χ0) is 25.9. The Morgan fingerprint density at radius 3 is 1.63 bits per heavy atom. The summed E-state index contributed by atoms with van der Waals surface area (Å²) in [7, 11) is 0. The Bertz CT molecular complexity index is 760. The van der Waals surface area contributed by atoms with Gasteiger partial charge in [0, 0.05) is 0 Å². The molecule has 0 amide bonds. The Morgan fingerprint density at radius 1 is 0.743 bits per heavy atom. The number of unbranched alkanes of at least 4 members (excludes halogenated alkanes) is 13. The van der Waals surface area contributed by atoms with Gasteiger partial charge < -0.3 is 0 Å². The van der Waals surface area contributed by atoms with Gasteiger partial charge in [0.2, 0.25) is 0 Å². The molecule has 0 radical (unpaired) electrons. The summed E-state index contributed by atoms with van der Waals surface area (Å²) in [5.41, 5.74) is -0.219. The van der Waals surface area contributed by atoms with Crippen molar-refractivity contribution in [2.75, 3.05) is 13.2 Å². The molecule has 1 heterocycles. The van der Waals surface area contributed by atoms with E-state index >= 15 is 0 Å². The molecule has 1 N–H and O–H groups in total. The Labute approximate surface area is 230 Å². The molecule has 6 nitrogen and oxygen atoms in total. The predicted octanol–water partition coefficient (Wildman–Crippen LogP) is 7.13. The summed E-state index contributed by atoms with van der Waals surface area (Å²) in [5, 5.41) is 10.8. The van der Waals surface area contributed by atoms with Crippen LogP contribution in [0.1, 0.15) is 131 Å². The summed E-state index contributed by atoms with van der Waals surface area (Å²) in [5.74, 6) is -1.67. The molecule has 1 rings (SSSR count). The second-order valence-electron chi connectivity index (χ2n) is 8.69. The van der Waals surface area contributed by atoms with Crippen LogP contribution in [0.15, 0.2) is 4.60 Å². The van der Waals surface area contributed by atoms with Crippen LogP contribution < -0.4 is 3.74 Å². The Morgan fingerprint density at radius 2 is 1.17 bits per heavy atom. The van der Waals surface area contributed by atoms with Gasteiger partial charge in [0.15, 0.2) is 0 Å². The minimum absolute atomic E-state index is 0.0736. The topological polar surface area (TPSA) is 85.7 Å². The standard InChI is InChI=1S/C27H44BrNO5Te/c1-4-7-8-9-10-11-12-13-14-15-16-17-18-19-20-35-25-23(30)21(26(31)33-5-2)22(24(28)29-25)27(32)34-6-3/h30H,4-20H2,1-3H3. The van der Waals surface area contributed by atoms with Crippen LogP contribution in [-0.2, 0) is 9.47 Å². The van der Waals surface area contributed by atoms with Crippen LogP contribution in [0, 0.1) is 0 Å².